The molecule has 0 amide bonds. The van der Waals surface area contributed by atoms with Crippen LogP contribution in [-0.2, 0) is 0 Å². The first-order chi connectivity index (χ1) is 9.15. The maximum Gasteiger partial charge on any atom is 0.269 e. The number of hydrogen-bond acceptors (Lipinski definition) is 4. The van der Waals surface area contributed by atoms with Crippen LogP contribution in [0.2, 0.25) is 0 Å². The van der Waals surface area contributed by atoms with E-state index < -0.39 is 4.92 Å². The number of nitrogens with zero attached hydrogens (tertiary/aromatic N) is 2. The Morgan fingerprint density at radius 1 is 1.11 bits per heavy atom. The normalized spacial score (nSPS) is 10.6. The quantitative estimate of drug-likeness (QED) is 0.482. The van der Waals surface area contributed by atoms with E-state index in [4.69, 9.17) is 4.84 Å². The molecule has 2 rings (SSSR count). The number of non-ortho nitro benzene ring substituents is 1. The van der Waals surface area contributed by atoms with Gasteiger partial charge in [0.05, 0.1) is 11.1 Å². The minimum atomic E-state index is -0.494. The van der Waals surface area contributed by atoms with Gasteiger partial charge in [-0.05, 0) is 29.8 Å². The van der Waals surface area contributed by atoms with E-state index in [0.29, 0.717) is 11.3 Å². The van der Waals surface area contributed by atoms with E-state index in [-0.39, 0.29) is 11.5 Å². The van der Waals surface area contributed by atoms with Gasteiger partial charge < -0.3 is 4.84 Å². The number of benzene rings is 2. The van der Waals surface area contributed by atoms with Crippen molar-refractivity contribution >= 4 is 11.9 Å². The number of rotatable bonds is 4. The first-order valence-electron chi connectivity index (χ1n) is 5.35. The Bertz CT molecular complexity index is 594. The van der Waals surface area contributed by atoms with Crippen LogP contribution in [-0.4, -0.2) is 11.1 Å². The van der Waals surface area contributed by atoms with Crippen LogP contribution >= 0.6 is 0 Å². The van der Waals surface area contributed by atoms with Crippen LogP contribution in [0.3, 0.4) is 0 Å². The third-order valence-electron chi connectivity index (χ3n) is 2.28. The van der Waals surface area contributed by atoms with Gasteiger partial charge in [-0.1, -0.05) is 17.3 Å². The van der Waals surface area contributed by atoms with Gasteiger partial charge in [-0.15, -0.1) is 0 Å². The Hall–Kier alpha value is -2.76. The molecule has 0 aromatic heterocycles. The number of nitro benzene ring substituents is 1. The highest BCUT2D eigenvalue weighted by molar-refractivity contribution is 5.78. The summed E-state index contributed by atoms with van der Waals surface area (Å²) in [6.07, 6.45) is 1.42. The summed E-state index contributed by atoms with van der Waals surface area (Å²) in [5, 5.41) is 14.1. The molecule has 0 fully saturated rings. The van der Waals surface area contributed by atoms with Gasteiger partial charge in [0.15, 0.2) is 5.75 Å². The van der Waals surface area contributed by atoms with Gasteiger partial charge in [-0.2, -0.15) is 0 Å². The first-order valence-corrected chi connectivity index (χ1v) is 5.35. The molecule has 2 aromatic carbocycles. The van der Waals surface area contributed by atoms with Crippen molar-refractivity contribution in [1.29, 1.82) is 0 Å². The highest BCUT2D eigenvalue weighted by atomic mass is 19.1. The van der Waals surface area contributed by atoms with Crippen LogP contribution in [0.5, 0.6) is 5.75 Å². The minimum Gasteiger partial charge on any atom is -0.357 e. The summed E-state index contributed by atoms with van der Waals surface area (Å²) in [6, 6.07) is 11.3. The van der Waals surface area contributed by atoms with Crippen molar-refractivity contribution in [3.8, 4) is 5.75 Å². The Balaban J connectivity index is 1.98. The van der Waals surface area contributed by atoms with E-state index >= 15 is 0 Å². The number of hydrogen-bond donors (Lipinski definition) is 0. The van der Waals surface area contributed by atoms with Gasteiger partial charge in [-0.3, -0.25) is 10.1 Å². The van der Waals surface area contributed by atoms with Crippen molar-refractivity contribution in [3.63, 3.8) is 0 Å². The molecule has 0 aliphatic heterocycles. The lowest BCUT2D eigenvalue weighted by atomic mass is 10.2. The standard InChI is InChI=1S/C13H9FN2O3/c14-11-3-1-10(2-4-11)9-15-19-13-7-5-12(6-8-13)16(17)18/h1-9H/b15-9-. The lowest BCUT2D eigenvalue weighted by Gasteiger charge is -1.97. The van der Waals surface area contributed by atoms with Crippen LogP contribution in [0, 0.1) is 15.9 Å². The second kappa shape index (κ2) is 5.72. The number of nitro groups is 1. The Kier molecular flexibility index (Phi) is 3.82. The smallest absolute Gasteiger partial charge is 0.269 e. The van der Waals surface area contributed by atoms with Crippen molar-refractivity contribution in [2.45, 2.75) is 0 Å². The summed E-state index contributed by atoms with van der Waals surface area (Å²) in [5.74, 6) is 0.0531. The fraction of sp³-hybridized carbons (Fsp3) is 0. The molecule has 5 nitrogen and oxygen atoms in total. The molecular weight excluding hydrogens is 251 g/mol. The molecule has 96 valence electrons. The van der Waals surface area contributed by atoms with Crippen molar-refractivity contribution < 1.29 is 14.2 Å². The summed E-state index contributed by atoms with van der Waals surface area (Å²) >= 11 is 0. The molecule has 2 aromatic rings. The molecule has 0 spiro atoms. The zero-order chi connectivity index (χ0) is 13.7. The largest absolute Gasteiger partial charge is 0.357 e. The summed E-state index contributed by atoms with van der Waals surface area (Å²) in [4.78, 5) is 15.0. The lowest BCUT2D eigenvalue weighted by molar-refractivity contribution is -0.384. The van der Waals surface area contributed by atoms with Crippen LogP contribution < -0.4 is 4.84 Å². The second-order valence-corrected chi connectivity index (χ2v) is 3.63. The highest BCUT2D eigenvalue weighted by Crippen LogP contribution is 2.17. The summed E-state index contributed by atoms with van der Waals surface area (Å²) in [7, 11) is 0. The molecule has 0 N–H and O–H groups in total. The Morgan fingerprint density at radius 3 is 2.32 bits per heavy atom. The lowest BCUT2D eigenvalue weighted by Crippen LogP contribution is -1.89. The van der Waals surface area contributed by atoms with Gasteiger partial charge in [0.2, 0.25) is 0 Å². The van der Waals surface area contributed by atoms with Crippen molar-refractivity contribution in [1.82, 2.24) is 0 Å². The molecule has 0 bridgehead atoms. The average Bonchev–Trinajstić information content (AvgIpc) is 2.41. The topological polar surface area (TPSA) is 64.7 Å². The van der Waals surface area contributed by atoms with Crippen LogP contribution in [0.1, 0.15) is 5.56 Å². The second-order valence-electron chi connectivity index (χ2n) is 3.63. The maximum absolute atomic E-state index is 12.6. The van der Waals surface area contributed by atoms with E-state index in [9.17, 15) is 14.5 Å². The van der Waals surface area contributed by atoms with E-state index in [2.05, 4.69) is 5.16 Å². The Morgan fingerprint density at radius 2 is 1.74 bits per heavy atom. The summed E-state index contributed by atoms with van der Waals surface area (Å²) < 4.78 is 12.6. The zero-order valence-corrected chi connectivity index (χ0v) is 9.69. The molecule has 0 heterocycles. The highest BCUT2D eigenvalue weighted by Gasteiger charge is 2.03. The fourth-order valence-corrected chi connectivity index (χ4v) is 1.33. The average molecular weight is 260 g/mol. The SMILES string of the molecule is O=[N+]([O-])c1ccc(O/N=C\c2ccc(F)cc2)cc1. The number of halogens is 1. The minimum absolute atomic E-state index is 0.0186. The summed E-state index contributed by atoms with van der Waals surface area (Å²) in [5.41, 5.74) is 0.665. The van der Waals surface area contributed by atoms with Gasteiger partial charge in [0.1, 0.15) is 5.82 Å². The van der Waals surface area contributed by atoms with Crippen molar-refractivity contribution in [3.05, 3.63) is 70.0 Å². The molecule has 0 unspecified atom stereocenters. The van der Waals surface area contributed by atoms with E-state index in [1.165, 1.54) is 42.6 Å². The molecule has 0 radical (unpaired) electrons. The van der Waals surface area contributed by atoms with Crippen molar-refractivity contribution in [2.24, 2.45) is 5.16 Å². The zero-order valence-electron chi connectivity index (χ0n) is 9.69. The Labute approximate surface area is 108 Å². The molecule has 19 heavy (non-hydrogen) atoms. The first kappa shape index (κ1) is 12.7. The predicted octanol–water partition coefficient (Wildman–Crippen LogP) is 3.15. The summed E-state index contributed by atoms with van der Waals surface area (Å²) in [6.45, 7) is 0. The van der Waals surface area contributed by atoms with Gasteiger partial charge >= 0.3 is 0 Å². The van der Waals surface area contributed by atoms with E-state index in [0.717, 1.165) is 0 Å². The monoisotopic (exact) mass is 260 g/mol. The molecule has 6 heteroatoms. The molecule has 0 aliphatic rings. The van der Waals surface area contributed by atoms with Gasteiger partial charge in [-0.25, -0.2) is 4.39 Å². The van der Waals surface area contributed by atoms with Crippen molar-refractivity contribution in [2.75, 3.05) is 0 Å². The molecule has 0 saturated heterocycles. The van der Waals surface area contributed by atoms with E-state index in [1.807, 2.05) is 0 Å². The maximum atomic E-state index is 12.6. The van der Waals surface area contributed by atoms with Crippen LogP contribution in [0.4, 0.5) is 10.1 Å². The molecular formula is C13H9FN2O3. The number of oxime groups is 1. The van der Waals surface area contributed by atoms with Gasteiger partial charge in [0, 0.05) is 12.1 Å². The third-order valence-corrected chi connectivity index (χ3v) is 2.28. The molecule has 0 saturated carbocycles. The fourth-order valence-electron chi connectivity index (χ4n) is 1.33. The van der Waals surface area contributed by atoms with Gasteiger partial charge in [0.25, 0.3) is 5.69 Å². The molecule has 0 atom stereocenters. The predicted molar refractivity (Wildman–Crippen MR) is 67.7 cm³/mol. The van der Waals surface area contributed by atoms with Crippen LogP contribution in [0.15, 0.2) is 53.7 Å². The third kappa shape index (κ3) is 3.60. The molecule has 0 aliphatic carbocycles. The van der Waals surface area contributed by atoms with E-state index in [1.54, 1.807) is 12.1 Å². The van der Waals surface area contributed by atoms with Crippen LogP contribution in [0.25, 0.3) is 0 Å².